The summed E-state index contributed by atoms with van der Waals surface area (Å²) in [6.45, 7) is 5.14. The number of urea groups is 1. The van der Waals surface area contributed by atoms with Gasteiger partial charge in [0.15, 0.2) is 0 Å². The number of hydrogen-bond acceptors (Lipinski definition) is 6. The Morgan fingerprint density at radius 1 is 1.08 bits per heavy atom. The Bertz CT molecular complexity index is 1460. The van der Waals surface area contributed by atoms with Gasteiger partial charge in [-0.2, -0.15) is 5.10 Å². The van der Waals surface area contributed by atoms with E-state index in [4.69, 9.17) is 9.84 Å². The summed E-state index contributed by atoms with van der Waals surface area (Å²) >= 11 is 0. The van der Waals surface area contributed by atoms with Crippen molar-refractivity contribution in [2.24, 2.45) is 0 Å². The van der Waals surface area contributed by atoms with Crippen LogP contribution < -0.4 is 10.6 Å². The first-order valence-electron chi connectivity index (χ1n) is 11.7. The number of nitrogens with one attached hydrogen (secondary N) is 2. The Labute approximate surface area is 216 Å². The summed E-state index contributed by atoms with van der Waals surface area (Å²) in [4.78, 5) is 25.7. The maximum Gasteiger partial charge on any atom is 0.338 e. The number of esters is 1. The first kappa shape index (κ1) is 26.1. The highest BCUT2D eigenvalue weighted by Crippen LogP contribution is 2.35. The second-order valence-corrected chi connectivity index (χ2v) is 11.2. The number of amides is 2. The minimum atomic E-state index is -3.62. The maximum atomic E-state index is 13.1. The molecule has 37 heavy (non-hydrogen) atoms. The molecule has 3 aromatic rings. The van der Waals surface area contributed by atoms with Crippen molar-refractivity contribution in [1.29, 1.82) is 0 Å². The predicted molar refractivity (Wildman–Crippen MR) is 138 cm³/mol. The van der Waals surface area contributed by atoms with Gasteiger partial charge in [-0.3, -0.25) is 0 Å². The molecule has 0 unspecified atom stereocenters. The molecule has 0 saturated heterocycles. The van der Waals surface area contributed by atoms with E-state index in [1.807, 2.05) is 30.3 Å². The summed E-state index contributed by atoms with van der Waals surface area (Å²) in [5, 5.41) is 10.2. The molecule has 2 amide bonds. The molecule has 1 aliphatic heterocycles. The van der Waals surface area contributed by atoms with Crippen molar-refractivity contribution in [2.45, 2.75) is 37.8 Å². The fourth-order valence-corrected chi connectivity index (χ4v) is 4.91. The van der Waals surface area contributed by atoms with Crippen molar-refractivity contribution in [2.75, 3.05) is 14.1 Å². The molecular formula is C26H29N5O5S. The van der Waals surface area contributed by atoms with Gasteiger partial charge in [0.25, 0.3) is 0 Å². The third-order valence-corrected chi connectivity index (χ3v) is 7.64. The SMILES string of the molecule is CC1=C(C(=O)OC(C)C)[C@H](c2cn(-c3ccccc3)nc2-c2ccc(S(=O)(=O)N(C)C)cc2)NC(=O)N1. The Kier molecular flexibility index (Phi) is 7.19. The van der Waals surface area contributed by atoms with Crippen molar-refractivity contribution in [3.05, 3.63) is 77.6 Å². The maximum absolute atomic E-state index is 13.1. The second kappa shape index (κ2) is 10.2. The number of allylic oxidation sites excluding steroid dienone is 1. The van der Waals surface area contributed by atoms with Crippen molar-refractivity contribution < 1.29 is 22.7 Å². The average molecular weight is 524 g/mol. The van der Waals surface area contributed by atoms with E-state index in [1.165, 1.54) is 26.2 Å². The molecule has 1 aromatic heterocycles. The Balaban J connectivity index is 1.88. The summed E-state index contributed by atoms with van der Waals surface area (Å²) in [6.07, 6.45) is 1.39. The van der Waals surface area contributed by atoms with Gasteiger partial charge in [-0.05, 0) is 45.0 Å². The van der Waals surface area contributed by atoms with Gasteiger partial charge in [-0.15, -0.1) is 0 Å². The lowest BCUT2D eigenvalue weighted by atomic mass is 9.94. The number of benzene rings is 2. The van der Waals surface area contributed by atoms with E-state index in [1.54, 1.807) is 43.8 Å². The second-order valence-electron chi connectivity index (χ2n) is 9.05. The highest BCUT2D eigenvalue weighted by molar-refractivity contribution is 7.89. The largest absolute Gasteiger partial charge is 0.459 e. The Morgan fingerprint density at radius 3 is 2.32 bits per heavy atom. The molecule has 1 atom stereocenters. The van der Waals surface area contributed by atoms with Gasteiger partial charge in [0.1, 0.15) is 0 Å². The van der Waals surface area contributed by atoms with Crippen LogP contribution in [0.3, 0.4) is 0 Å². The van der Waals surface area contributed by atoms with Crippen LogP contribution in [0.2, 0.25) is 0 Å². The number of sulfonamides is 1. The lowest BCUT2D eigenvalue weighted by Crippen LogP contribution is -2.45. The van der Waals surface area contributed by atoms with Gasteiger partial charge < -0.3 is 15.4 Å². The predicted octanol–water partition coefficient (Wildman–Crippen LogP) is 3.37. The fourth-order valence-electron chi connectivity index (χ4n) is 4.01. The Morgan fingerprint density at radius 2 is 1.73 bits per heavy atom. The number of nitrogens with zero attached hydrogens (tertiary/aromatic N) is 3. The molecule has 0 saturated carbocycles. The van der Waals surface area contributed by atoms with E-state index < -0.39 is 28.1 Å². The summed E-state index contributed by atoms with van der Waals surface area (Å²) < 4.78 is 33.4. The first-order valence-corrected chi connectivity index (χ1v) is 13.1. The third-order valence-electron chi connectivity index (χ3n) is 5.81. The van der Waals surface area contributed by atoms with E-state index in [0.717, 1.165) is 9.99 Å². The average Bonchev–Trinajstić information content (AvgIpc) is 3.29. The van der Waals surface area contributed by atoms with Crippen LogP contribution in [0.4, 0.5) is 4.79 Å². The van der Waals surface area contributed by atoms with E-state index in [0.29, 0.717) is 22.5 Å². The first-order chi connectivity index (χ1) is 17.5. The van der Waals surface area contributed by atoms with E-state index in [9.17, 15) is 18.0 Å². The molecule has 11 heteroatoms. The molecule has 2 heterocycles. The number of carbonyl (C=O) groups excluding carboxylic acids is 2. The standard InChI is InChI=1S/C26H29N5O5S/c1-16(2)36-25(32)22-17(3)27-26(33)28-24(22)21-15-31(19-9-7-6-8-10-19)29-23(21)18-11-13-20(14-12-18)37(34,35)30(4)5/h6-16,24H,1-5H3,(H2,27,28,33)/t24-/m0/s1. The van der Waals surface area contributed by atoms with Crippen molar-refractivity contribution in [1.82, 2.24) is 24.7 Å². The highest BCUT2D eigenvalue weighted by Gasteiger charge is 2.35. The molecule has 10 nitrogen and oxygen atoms in total. The number of aromatic nitrogens is 2. The molecule has 2 N–H and O–H groups in total. The number of hydrogen-bond donors (Lipinski definition) is 2. The summed E-state index contributed by atoms with van der Waals surface area (Å²) in [7, 11) is -0.682. The van der Waals surface area contributed by atoms with Crippen LogP contribution in [0.5, 0.6) is 0 Å². The topological polar surface area (TPSA) is 123 Å². The molecule has 0 radical (unpaired) electrons. The van der Waals surface area contributed by atoms with Crippen LogP contribution >= 0.6 is 0 Å². The van der Waals surface area contributed by atoms with Crippen LogP contribution in [-0.4, -0.2) is 54.7 Å². The molecule has 4 rings (SSSR count). The molecule has 194 valence electrons. The van der Waals surface area contributed by atoms with Crippen LogP contribution in [0.25, 0.3) is 16.9 Å². The molecule has 2 aromatic carbocycles. The molecule has 0 bridgehead atoms. The van der Waals surface area contributed by atoms with Crippen LogP contribution in [-0.2, 0) is 19.6 Å². The van der Waals surface area contributed by atoms with Crippen LogP contribution in [0.1, 0.15) is 32.4 Å². The minimum Gasteiger partial charge on any atom is -0.459 e. The van der Waals surface area contributed by atoms with Crippen LogP contribution in [0.15, 0.2) is 77.0 Å². The van der Waals surface area contributed by atoms with E-state index in [2.05, 4.69) is 10.6 Å². The Hall–Kier alpha value is -3.96. The lowest BCUT2D eigenvalue weighted by Gasteiger charge is -2.28. The van der Waals surface area contributed by atoms with Crippen molar-refractivity contribution in [3.8, 4) is 16.9 Å². The molecule has 0 spiro atoms. The van der Waals surface area contributed by atoms with E-state index in [-0.39, 0.29) is 16.6 Å². The van der Waals surface area contributed by atoms with Gasteiger partial charge in [-0.1, -0.05) is 30.3 Å². The van der Waals surface area contributed by atoms with Gasteiger partial charge in [0, 0.05) is 37.1 Å². The highest BCUT2D eigenvalue weighted by atomic mass is 32.2. The molecule has 0 fully saturated rings. The molecule has 0 aliphatic carbocycles. The minimum absolute atomic E-state index is 0.136. The lowest BCUT2D eigenvalue weighted by molar-refractivity contribution is -0.143. The van der Waals surface area contributed by atoms with E-state index >= 15 is 0 Å². The zero-order valence-corrected chi connectivity index (χ0v) is 22.0. The zero-order chi connectivity index (χ0) is 26.9. The third kappa shape index (κ3) is 5.27. The number of para-hydroxylation sites is 1. The number of ether oxygens (including phenoxy) is 1. The van der Waals surface area contributed by atoms with Crippen LogP contribution in [0, 0.1) is 0 Å². The normalized spacial score (nSPS) is 16.1. The molecule has 1 aliphatic rings. The fraction of sp³-hybridized carbons (Fsp3) is 0.269. The zero-order valence-electron chi connectivity index (χ0n) is 21.2. The monoisotopic (exact) mass is 523 g/mol. The summed E-state index contributed by atoms with van der Waals surface area (Å²) in [5.74, 6) is -0.559. The number of carbonyl (C=O) groups is 2. The smallest absolute Gasteiger partial charge is 0.338 e. The molecular weight excluding hydrogens is 494 g/mol. The van der Waals surface area contributed by atoms with Gasteiger partial charge in [0.05, 0.1) is 34.0 Å². The van der Waals surface area contributed by atoms with Crippen molar-refractivity contribution in [3.63, 3.8) is 0 Å². The van der Waals surface area contributed by atoms with Gasteiger partial charge in [-0.25, -0.2) is 27.0 Å². The number of rotatable bonds is 7. The van der Waals surface area contributed by atoms with Gasteiger partial charge >= 0.3 is 12.0 Å². The quantitative estimate of drug-likeness (QED) is 0.458. The summed E-state index contributed by atoms with van der Waals surface area (Å²) in [6, 6.07) is 14.4. The van der Waals surface area contributed by atoms with Gasteiger partial charge in [0.2, 0.25) is 10.0 Å². The summed E-state index contributed by atoms with van der Waals surface area (Å²) in [5.41, 5.74) is 3.06. The van der Waals surface area contributed by atoms with Crippen molar-refractivity contribution >= 4 is 22.0 Å².